The number of ether oxygens (including phenoxy) is 3. The molecule has 7 heteroatoms. The Morgan fingerprint density at radius 3 is 1.16 bits per heavy atom. The van der Waals surface area contributed by atoms with Gasteiger partial charge in [0.15, 0.2) is 0 Å². The van der Waals surface area contributed by atoms with Gasteiger partial charge in [-0.2, -0.15) is 0 Å². The number of hydrogen-bond acceptors (Lipinski definition) is 7. The second-order valence-corrected chi connectivity index (χ2v) is 11.0. The molecule has 0 aromatic rings. The molecule has 0 bridgehead atoms. The average Bonchev–Trinajstić information content (AvgIpc) is 2.89. The Labute approximate surface area is 232 Å². The molecule has 0 unspecified atom stereocenters. The Hall–Kier alpha value is -1.63. The third-order valence-corrected chi connectivity index (χ3v) is 7.02. The smallest absolute Gasteiger partial charge is 0.305 e. The molecular weight excluding hydrogens is 484 g/mol. The fourth-order valence-corrected chi connectivity index (χ4v) is 4.42. The van der Waals surface area contributed by atoms with E-state index in [-0.39, 0.29) is 25.8 Å². The minimum atomic E-state index is -1.15. The third-order valence-electron chi connectivity index (χ3n) is 7.02. The number of hydrogen-bond donors (Lipinski definition) is 1. The van der Waals surface area contributed by atoms with E-state index in [2.05, 4.69) is 6.92 Å². The van der Waals surface area contributed by atoms with Crippen molar-refractivity contribution in [2.24, 2.45) is 5.41 Å². The van der Waals surface area contributed by atoms with Crippen molar-refractivity contribution in [2.75, 3.05) is 26.4 Å². The van der Waals surface area contributed by atoms with E-state index < -0.39 is 24.0 Å². The number of unbranched alkanes of at least 4 members (excludes halogenated alkanes) is 18. The molecule has 0 radical (unpaired) electrons. The predicted molar refractivity (Wildman–Crippen MR) is 152 cm³/mol. The highest BCUT2D eigenvalue weighted by Gasteiger charge is 2.35. The SMILES string of the molecule is CCCCCCCCCCCCCCCCCCCCCC(=O)OCC(CO)(COC(C)=O)COC(C)=O. The molecule has 38 heavy (non-hydrogen) atoms. The first kappa shape index (κ1) is 36.4. The summed E-state index contributed by atoms with van der Waals surface area (Å²) in [5, 5.41) is 9.79. The van der Waals surface area contributed by atoms with Crippen LogP contribution in [0.1, 0.15) is 149 Å². The lowest BCUT2D eigenvalue weighted by atomic mass is 9.92. The van der Waals surface area contributed by atoms with Crippen LogP contribution in [0.25, 0.3) is 0 Å². The summed E-state index contributed by atoms with van der Waals surface area (Å²) < 4.78 is 15.3. The molecule has 0 aromatic heterocycles. The zero-order chi connectivity index (χ0) is 28.3. The van der Waals surface area contributed by atoms with Crippen LogP contribution in [0.2, 0.25) is 0 Å². The van der Waals surface area contributed by atoms with Crippen molar-refractivity contribution in [1.82, 2.24) is 0 Å². The van der Waals surface area contributed by atoms with Gasteiger partial charge in [0.1, 0.15) is 19.8 Å². The van der Waals surface area contributed by atoms with Gasteiger partial charge in [-0.3, -0.25) is 14.4 Å². The van der Waals surface area contributed by atoms with Gasteiger partial charge in [0.05, 0.1) is 12.0 Å². The fourth-order valence-electron chi connectivity index (χ4n) is 4.42. The van der Waals surface area contributed by atoms with Crippen LogP contribution in [0.5, 0.6) is 0 Å². The van der Waals surface area contributed by atoms with E-state index in [9.17, 15) is 19.5 Å². The van der Waals surface area contributed by atoms with Crippen LogP contribution in [0.3, 0.4) is 0 Å². The number of rotatable bonds is 27. The summed E-state index contributed by atoms with van der Waals surface area (Å²) in [5.41, 5.74) is -1.15. The average molecular weight is 543 g/mol. The Balaban J connectivity index is 3.67. The first-order valence-corrected chi connectivity index (χ1v) is 15.4. The van der Waals surface area contributed by atoms with Gasteiger partial charge in [0.25, 0.3) is 0 Å². The largest absolute Gasteiger partial charge is 0.465 e. The second-order valence-electron chi connectivity index (χ2n) is 11.0. The number of carbonyl (C=O) groups is 3. The fraction of sp³-hybridized carbons (Fsp3) is 0.903. The van der Waals surface area contributed by atoms with Crippen LogP contribution in [0, 0.1) is 5.41 Å². The van der Waals surface area contributed by atoms with Crippen molar-refractivity contribution in [3.05, 3.63) is 0 Å². The van der Waals surface area contributed by atoms with Gasteiger partial charge in [-0.15, -0.1) is 0 Å². The van der Waals surface area contributed by atoms with Crippen molar-refractivity contribution in [1.29, 1.82) is 0 Å². The van der Waals surface area contributed by atoms with Gasteiger partial charge >= 0.3 is 17.9 Å². The van der Waals surface area contributed by atoms with Crippen molar-refractivity contribution < 1.29 is 33.7 Å². The van der Waals surface area contributed by atoms with E-state index in [0.29, 0.717) is 6.42 Å². The Morgan fingerprint density at radius 2 is 0.842 bits per heavy atom. The zero-order valence-electron chi connectivity index (χ0n) is 24.9. The first-order chi connectivity index (χ1) is 18.3. The van der Waals surface area contributed by atoms with Crippen LogP contribution < -0.4 is 0 Å². The molecule has 0 aliphatic carbocycles. The summed E-state index contributed by atoms with van der Waals surface area (Å²) in [6.45, 7) is 3.76. The molecule has 0 aliphatic rings. The molecule has 224 valence electrons. The summed E-state index contributed by atoms with van der Waals surface area (Å²) >= 11 is 0. The molecule has 0 heterocycles. The molecule has 0 saturated heterocycles. The Morgan fingerprint density at radius 1 is 0.526 bits per heavy atom. The van der Waals surface area contributed by atoms with Crippen LogP contribution in [0.4, 0.5) is 0 Å². The Bertz CT molecular complexity index is 573. The molecule has 1 N–H and O–H groups in total. The second kappa shape index (κ2) is 25.6. The highest BCUT2D eigenvalue weighted by Crippen LogP contribution is 2.20. The molecule has 0 saturated carbocycles. The topological polar surface area (TPSA) is 99.1 Å². The molecular formula is C31H58O7. The molecule has 0 spiro atoms. The third kappa shape index (κ3) is 23.5. The normalized spacial score (nSPS) is 11.4. The first-order valence-electron chi connectivity index (χ1n) is 15.4. The highest BCUT2D eigenvalue weighted by atomic mass is 16.6. The maximum Gasteiger partial charge on any atom is 0.305 e. The Kier molecular flexibility index (Phi) is 24.5. The maximum atomic E-state index is 12.1. The molecule has 0 fully saturated rings. The number of carbonyl (C=O) groups excluding carboxylic acids is 3. The molecule has 7 nitrogen and oxygen atoms in total. The van der Waals surface area contributed by atoms with E-state index in [1.807, 2.05) is 0 Å². The van der Waals surface area contributed by atoms with Crippen molar-refractivity contribution >= 4 is 17.9 Å². The standard InChI is InChI=1S/C31H58O7/c1-4-5-6-7-8-9-10-11-12-13-14-15-16-17-18-19-20-21-22-23-30(35)38-27-31(24-32,25-36-28(2)33)26-37-29(3)34/h32H,4-27H2,1-3H3. The lowest BCUT2D eigenvalue weighted by Gasteiger charge is -2.29. The van der Waals surface area contributed by atoms with Crippen molar-refractivity contribution in [2.45, 2.75) is 149 Å². The van der Waals surface area contributed by atoms with Gasteiger partial charge in [-0.1, -0.05) is 122 Å². The minimum Gasteiger partial charge on any atom is -0.465 e. The lowest BCUT2D eigenvalue weighted by molar-refractivity contribution is -0.163. The molecule has 0 rings (SSSR count). The zero-order valence-corrected chi connectivity index (χ0v) is 24.9. The minimum absolute atomic E-state index is 0.179. The quantitative estimate of drug-likeness (QED) is 0.0653. The monoisotopic (exact) mass is 542 g/mol. The van der Waals surface area contributed by atoms with E-state index in [1.165, 1.54) is 117 Å². The maximum absolute atomic E-state index is 12.1. The van der Waals surface area contributed by atoms with Crippen LogP contribution in [-0.2, 0) is 28.6 Å². The molecule has 0 aromatic carbocycles. The van der Waals surface area contributed by atoms with Crippen LogP contribution in [-0.4, -0.2) is 49.4 Å². The van der Waals surface area contributed by atoms with E-state index in [0.717, 1.165) is 19.3 Å². The van der Waals surface area contributed by atoms with Crippen LogP contribution in [0.15, 0.2) is 0 Å². The van der Waals surface area contributed by atoms with Crippen LogP contribution >= 0.6 is 0 Å². The van der Waals surface area contributed by atoms with Crippen molar-refractivity contribution in [3.8, 4) is 0 Å². The van der Waals surface area contributed by atoms with Gasteiger partial charge < -0.3 is 19.3 Å². The van der Waals surface area contributed by atoms with Gasteiger partial charge in [-0.25, -0.2) is 0 Å². The molecule has 0 atom stereocenters. The lowest BCUT2D eigenvalue weighted by Crippen LogP contribution is -2.42. The van der Waals surface area contributed by atoms with E-state index in [4.69, 9.17) is 14.2 Å². The summed E-state index contributed by atoms with van der Waals surface area (Å²) in [6.07, 6.45) is 25.0. The van der Waals surface area contributed by atoms with Crippen molar-refractivity contribution in [3.63, 3.8) is 0 Å². The predicted octanol–water partition coefficient (Wildman–Crippen LogP) is 7.46. The summed E-state index contributed by atoms with van der Waals surface area (Å²) in [4.78, 5) is 34.5. The summed E-state index contributed by atoms with van der Waals surface area (Å²) in [5.74, 6) is -1.41. The number of aliphatic hydroxyl groups is 1. The van der Waals surface area contributed by atoms with Gasteiger partial charge in [-0.05, 0) is 6.42 Å². The van der Waals surface area contributed by atoms with E-state index >= 15 is 0 Å². The van der Waals surface area contributed by atoms with Gasteiger partial charge in [0.2, 0.25) is 0 Å². The van der Waals surface area contributed by atoms with Gasteiger partial charge in [0, 0.05) is 20.3 Å². The molecule has 0 aliphatic heterocycles. The number of aliphatic hydroxyl groups excluding tert-OH is 1. The highest BCUT2D eigenvalue weighted by molar-refractivity contribution is 5.69. The van der Waals surface area contributed by atoms with E-state index in [1.54, 1.807) is 0 Å². The summed E-state index contributed by atoms with van der Waals surface area (Å²) in [7, 11) is 0. The number of esters is 3. The summed E-state index contributed by atoms with van der Waals surface area (Å²) in [6, 6.07) is 0. The molecule has 0 amide bonds.